The summed E-state index contributed by atoms with van der Waals surface area (Å²) in [4.78, 5) is 12.7. The van der Waals surface area contributed by atoms with Crippen LogP contribution in [-0.4, -0.2) is 39.3 Å². The number of anilines is 1. The van der Waals surface area contributed by atoms with Crippen molar-refractivity contribution >= 4 is 21.6 Å². The fraction of sp³-hybridized carbons (Fsp3) is 0.474. The normalized spacial score (nSPS) is 22.9. The van der Waals surface area contributed by atoms with Gasteiger partial charge in [-0.25, -0.2) is 18.8 Å². The van der Waals surface area contributed by atoms with Gasteiger partial charge in [-0.1, -0.05) is 6.07 Å². The molecule has 0 bridgehead atoms. The van der Waals surface area contributed by atoms with E-state index in [0.717, 1.165) is 42.5 Å². The van der Waals surface area contributed by atoms with Crippen LogP contribution in [0.15, 0.2) is 21.5 Å². The number of methoxy groups -OCH3 is 1. The molecular formula is C19H23N5O4S. The Kier molecular flexibility index (Phi) is 4.03. The molecular weight excluding hydrogens is 394 g/mol. The molecule has 29 heavy (non-hydrogen) atoms. The van der Waals surface area contributed by atoms with Crippen LogP contribution in [0.5, 0.6) is 5.88 Å². The average Bonchev–Trinajstić information content (AvgIpc) is 3.07. The lowest BCUT2D eigenvalue weighted by molar-refractivity contribution is 0.0165. The number of aromatic nitrogens is 2. The molecule has 1 aliphatic heterocycles. The smallest absolute Gasteiger partial charge is 0.354 e. The molecule has 2 heterocycles. The largest absolute Gasteiger partial charge is 0.466 e. The van der Waals surface area contributed by atoms with Crippen LogP contribution in [0.4, 0.5) is 10.5 Å². The Balaban J connectivity index is 1.43. The first kappa shape index (κ1) is 18.6. The SMILES string of the molecule is COC[C@]1(C)Cn2ncc(S(N)(=O)=NC(=O)Nc3c4c(cc5c3CC5)CC4)c2O1. The fourth-order valence-electron chi connectivity index (χ4n) is 4.26. The number of nitrogens with two attached hydrogens (primary N) is 1. The van der Waals surface area contributed by atoms with Crippen LogP contribution in [0.2, 0.25) is 0 Å². The summed E-state index contributed by atoms with van der Waals surface area (Å²) >= 11 is 0. The highest BCUT2D eigenvalue weighted by Crippen LogP contribution is 2.41. The highest BCUT2D eigenvalue weighted by molar-refractivity contribution is 7.91. The van der Waals surface area contributed by atoms with Gasteiger partial charge in [0.15, 0.2) is 15.5 Å². The number of carbonyl (C=O) groups excluding carboxylic acids is 1. The number of aryl methyl sites for hydroxylation is 2. The van der Waals surface area contributed by atoms with E-state index in [1.807, 2.05) is 6.92 Å². The van der Waals surface area contributed by atoms with E-state index in [-0.39, 0.29) is 10.8 Å². The number of urea groups is 1. The molecule has 9 nitrogen and oxygen atoms in total. The van der Waals surface area contributed by atoms with Crippen LogP contribution >= 0.6 is 0 Å². The number of rotatable bonds is 4. The monoisotopic (exact) mass is 417 g/mol. The van der Waals surface area contributed by atoms with E-state index in [4.69, 9.17) is 14.6 Å². The molecule has 3 N–H and O–H groups in total. The van der Waals surface area contributed by atoms with E-state index >= 15 is 0 Å². The van der Waals surface area contributed by atoms with Crippen LogP contribution in [-0.2, 0) is 46.9 Å². The highest BCUT2D eigenvalue weighted by atomic mass is 32.2. The zero-order valence-electron chi connectivity index (χ0n) is 16.4. The zero-order valence-corrected chi connectivity index (χ0v) is 17.2. The summed E-state index contributed by atoms with van der Waals surface area (Å²) in [6.45, 7) is 2.63. The van der Waals surface area contributed by atoms with Gasteiger partial charge in [0.25, 0.3) is 0 Å². The minimum Gasteiger partial charge on any atom is -0.466 e. The number of carbonyl (C=O) groups is 1. The Morgan fingerprint density at radius 3 is 2.66 bits per heavy atom. The molecule has 0 spiro atoms. The first-order chi connectivity index (χ1) is 13.8. The van der Waals surface area contributed by atoms with Gasteiger partial charge in [0.2, 0.25) is 5.88 Å². The molecule has 2 atom stereocenters. The van der Waals surface area contributed by atoms with E-state index < -0.39 is 21.5 Å². The Morgan fingerprint density at radius 2 is 2.07 bits per heavy atom. The van der Waals surface area contributed by atoms with Crippen molar-refractivity contribution in [3.8, 4) is 5.88 Å². The summed E-state index contributed by atoms with van der Waals surface area (Å²) in [5.41, 5.74) is 5.03. The van der Waals surface area contributed by atoms with Crippen molar-refractivity contribution < 1.29 is 18.5 Å². The summed E-state index contributed by atoms with van der Waals surface area (Å²) in [5.74, 6) is 0.265. The third-order valence-electron chi connectivity index (χ3n) is 5.82. The van der Waals surface area contributed by atoms with E-state index in [9.17, 15) is 9.00 Å². The Bertz CT molecular complexity index is 1130. The third-order valence-corrected chi connectivity index (χ3v) is 7.17. The van der Waals surface area contributed by atoms with Crippen LogP contribution < -0.4 is 15.2 Å². The standard InChI is InChI=1S/C19H23N5O4S/c1-19(10-27-2)9-24-17(28-19)15(8-21-24)29(20,26)23-18(25)22-16-13-5-3-11(13)7-12-4-6-14(12)16/h7-8H,3-6,9-10H2,1-2H3,(H3,20,22,23,25,26)/t19-,29?/m0/s1. The molecule has 1 aromatic carbocycles. The summed E-state index contributed by atoms with van der Waals surface area (Å²) < 4.78 is 29.5. The molecule has 2 aliphatic carbocycles. The summed E-state index contributed by atoms with van der Waals surface area (Å²) in [6.07, 6.45) is 5.26. The first-order valence-corrected chi connectivity index (χ1v) is 11.1. The maximum Gasteiger partial charge on any atom is 0.354 e. The van der Waals surface area contributed by atoms with Crippen molar-refractivity contribution in [2.24, 2.45) is 9.50 Å². The number of nitrogens with one attached hydrogen (secondary N) is 1. The molecule has 2 amide bonds. The van der Waals surface area contributed by atoms with E-state index in [1.165, 1.54) is 17.3 Å². The van der Waals surface area contributed by atoms with Gasteiger partial charge in [0, 0.05) is 12.8 Å². The van der Waals surface area contributed by atoms with Crippen LogP contribution in [0.25, 0.3) is 0 Å². The molecule has 2 aromatic rings. The molecule has 0 saturated heterocycles. The number of hydrogen-bond donors (Lipinski definition) is 2. The molecule has 10 heteroatoms. The van der Waals surface area contributed by atoms with Gasteiger partial charge in [-0.15, -0.1) is 4.36 Å². The summed E-state index contributed by atoms with van der Waals surface area (Å²) in [5, 5.41) is 13.0. The number of amides is 2. The zero-order chi connectivity index (χ0) is 20.4. The molecule has 1 aromatic heterocycles. The lowest BCUT2D eigenvalue weighted by Gasteiger charge is -2.31. The maximum atomic E-state index is 13.1. The molecule has 3 aliphatic rings. The summed E-state index contributed by atoms with van der Waals surface area (Å²) in [6, 6.07) is 1.51. The van der Waals surface area contributed by atoms with Gasteiger partial charge < -0.3 is 14.8 Å². The van der Waals surface area contributed by atoms with Crippen LogP contribution in [0.3, 0.4) is 0 Å². The topological polar surface area (TPSA) is 121 Å². The maximum absolute atomic E-state index is 13.1. The van der Waals surface area contributed by atoms with Crippen molar-refractivity contribution in [2.75, 3.05) is 19.0 Å². The quantitative estimate of drug-likeness (QED) is 0.786. The van der Waals surface area contributed by atoms with Crippen molar-refractivity contribution in [2.45, 2.75) is 49.6 Å². The molecule has 1 unspecified atom stereocenters. The Labute approximate surface area is 168 Å². The Morgan fingerprint density at radius 1 is 1.38 bits per heavy atom. The van der Waals surface area contributed by atoms with Gasteiger partial charge in [-0.05, 0) is 54.9 Å². The molecule has 0 saturated carbocycles. The van der Waals surface area contributed by atoms with Gasteiger partial charge in [-0.2, -0.15) is 5.10 Å². The highest BCUT2D eigenvalue weighted by Gasteiger charge is 2.39. The predicted octanol–water partition coefficient (Wildman–Crippen LogP) is 1.81. The van der Waals surface area contributed by atoms with E-state index in [2.05, 4.69) is 20.8 Å². The van der Waals surface area contributed by atoms with E-state index in [1.54, 1.807) is 11.8 Å². The lowest BCUT2D eigenvalue weighted by Crippen LogP contribution is -2.36. The van der Waals surface area contributed by atoms with E-state index in [0.29, 0.717) is 13.2 Å². The minimum atomic E-state index is -3.52. The van der Waals surface area contributed by atoms with Crippen molar-refractivity contribution in [3.63, 3.8) is 0 Å². The second kappa shape index (κ2) is 6.28. The predicted molar refractivity (Wildman–Crippen MR) is 106 cm³/mol. The van der Waals surface area contributed by atoms with Gasteiger partial charge >= 0.3 is 6.03 Å². The van der Waals surface area contributed by atoms with Crippen LogP contribution in [0.1, 0.15) is 29.2 Å². The molecule has 0 fully saturated rings. The van der Waals surface area contributed by atoms with Crippen molar-refractivity contribution in [1.82, 2.24) is 9.78 Å². The number of benzene rings is 1. The second-order valence-corrected chi connectivity index (χ2v) is 9.83. The number of hydrogen-bond acceptors (Lipinski definition) is 5. The van der Waals surface area contributed by atoms with Gasteiger partial charge in [0.1, 0.15) is 4.90 Å². The van der Waals surface area contributed by atoms with Crippen molar-refractivity contribution in [1.29, 1.82) is 0 Å². The first-order valence-electron chi connectivity index (χ1n) is 9.56. The number of ether oxygens (including phenoxy) is 2. The van der Waals surface area contributed by atoms with Gasteiger partial charge in [0.05, 0.1) is 19.3 Å². The fourth-order valence-corrected chi connectivity index (χ4v) is 5.25. The van der Waals surface area contributed by atoms with Gasteiger partial charge in [-0.3, -0.25) is 0 Å². The number of fused-ring (bicyclic) bond motifs is 3. The molecule has 5 rings (SSSR count). The average molecular weight is 417 g/mol. The lowest BCUT2D eigenvalue weighted by atomic mass is 9.76. The van der Waals surface area contributed by atoms with Crippen molar-refractivity contribution in [3.05, 3.63) is 34.5 Å². The number of nitrogens with zero attached hydrogens (tertiary/aromatic N) is 3. The molecule has 154 valence electrons. The third kappa shape index (κ3) is 2.93. The Hall–Kier alpha value is -2.43. The van der Waals surface area contributed by atoms with Crippen LogP contribution in [0, 0.1) is 0 Å². The summed E-state index contributed by atoms with van der Waals surface area (Å²) in [7, 11) is -1.94. The minimum absolute atomic E-state index is 0.113. The molecule has 0 radical (unpaired) electrons. The second-order valence-electron chi connectivity index (χ2n) is 8.07.